The molecular formula is C16H32N6O5. The van der Waals surface area contributed by atoms with E-state index in [1.807, 2.05) is 6.92 Å². The van der Waals surface area contributed by atoms with E-state index in [9.17, 15) is 19.5 Å². The van der Waals surface area contributed by atoms with Crippen LogP contribution in [-0.4, -0.2) is 64.7 Å². The van der Waals surface area contributed by atoms with Gasteiger partial charge in [-0.05, 0) is 25.7 Å². The lowest BCUT2D eigenvalue weighted by Crippen LogP contribution is -2.58. The fourth-order valence-corrected chi connectivity index (χ4v) is 2.24. The van der Waals surface area contributed by atoms with Crippen molar-refractivity contribution >= 4 is 23.7 Å². The summed E-state index contributed by atoms with van der Waals surface area (Å²) in [4.78, 5) is 39.7. The summed E-state index contributed by atoms with van der Waals surface area (Å²) >= 11 is 0. The second-order valence-corrected chi connectivity index (χ2v) is 6.49. The SMILES string of the molecule is CC[C@H](C)[C@H](NC(=O)[C@@H](N)CCCN=C(N)N)C(=O)N[C@H](C(=O)O)[C@@H](C)O. The van der Waals surface area contributed by atoms with Gasteiger partial charge in [0.25, 0.3) is 0 Å². The summed E-state index contributed by atoms with van der Waals surface area (Å²) in [6, 6.07) is -3.33. The number of carbonyl (C=O) groups excluding carboxylic acids is 2. The van der Waals surface area contributed by atoms with Gasteiger partial charge in [-0.15, -0.1) is 0 Å². The topological polar surface area (TPSA) is 206 Å². The molecule has 0 bridgehead atoms. The fourth-order valence-electron chi connectivity index (χ4n) is 2.24. The number of nitrogens with zero attached hydrogens (tertiary/aromatic N) is 1. The van der Waals surface area contributed by atoms with Crippen LogP contribution in [0.2, 0.25) is 0 Å². The molecule has 0 heterocycles. The minimum Gasteiger partial charge on any atom is -0.480 e. The van der Waals surface area contributed by atoms with Crippen LogP contribution in [-0.2, 0) is 14.4 Å². The molecule has 11 heteroatoms. The third-order valence-electron chi connectivity index (χ3n) is 4.14. The average Bonchev–Trinajstić information content (AvgIpc) is 2.58. The molecule has 0 aromatic rings. The van der Waals surface area contributed by atoms with Crippen LogP contribution >= 0.6 is 0 Å². The van der Waals surface area contributed by atoms with Gasteiger partial charge in [0.05, 0.1) is 12.1 Å². The number of carbonyl (C=O) groups is 3. The molecule has 11 nitrogen and oxygen atoms in total. The van der Waals surface area contributed by atoms with Crippen LogP contribution in [0, 0.1) is 5.92 Å². The number of rotatable bonds is 12. The maximum atomic E-state index is 12.5. The first-order chi connectivity index (χ1) is 12.5. The number of hydrogen-bond acceptors (Lipinski definition) is 6. The molecule has 0 aromatic carbocycles. The van der Waals surface area contributed by atoms with Gasteiger partial charge in [0.15, 0.2) is 12.0 Å². The predicted octanol–water partition coefficient (Wildman–Crippen LogP) is -2.15. The van der Waals surface area contributed by atoms with E-state index in [1.54, 1.807) is 6.92 Å². The molecule has 0 saturated carbocycles. The highest BCUT2D eigenvalue weighted by molar-refractivity contribution is 5.92. The second kappa shape index (κ2) is 12.1. The van der Waals surface area contributed by atoms with Crippen molar-refractivity contribution in [2.75, 3.05) is 6.54 Å². The number of nitrogens with one attached hydrogen (secondary N) is 2. The van der Waals surface area contributed by atoms with Gasteiger partial charge in [-0.1, -0.05) is 20.3 Å². The maximum Gasteiger partial charge on any atom is 0.328 e. The number of nitrogens with two attached hydrogens (primary N) is 3. The molecule has 0 unspecified atom stereocenters. The first kappa shape index (κ1) is 24.6. The molecule has 0 fully saturated rings. The van der Waals surface area contributed by atoms with E-state index >= 15 is 0 Å². The van der Waals surface area contributed by atoms with Crippen molar-refractivity contribution in [2.45, 2.75) is 64.3 Å². The summed E-state index contributed by atoms with van der Waals surface area (Å²) in [6.45, 7) is 5.15. The Labute approximate surface area is 158 Å². The van der Waals surface area contributed by atoms with Crippen molar-refractivity contribution in [1.82, 2.24) is 10.6 Å². The minimum atomic E-state index is -1.48. The number of aliphatic imine (C=N–C) groups is 1. The molecule has 0 aliphatic rings. The fraction of sp³-hybridized carbons (Fsp3) is 0.750. The average molecular weight is 388 g/mol. The van der Waals surface area contributed by atoms with E-state index in [4.69, 9.17) is 22.3 Å². The molecule has 0 aliphatic carbocycles. The molecule has 0 spiro atoms. The summed E-state index contributed by atoms with van der Waals surface area (Å²) in [7, 11) is 0. The van der Waals surface area contributed by atoms with Crippen LogP contribution in [0.1, 0.15) is 40.0 Å². The molecule has 10 N–H and O–H groups in total. The third-order valence-corrected chi connectivity index (χ3v) is 4.14. The predicted molar refractivity (Wildman–Crippen MR) is 101 cm³/mol. The molecule has 0 radical (unpaired) electrons. The highest BCUT2D eigenvalue weighted by Gasteiger charge is 2.32. The van der Waals surface area contributed by atoms with Gasteiger partial charge < -0.3 is 38.0 Å². The number of aliphatic carboxylic acids is 1. The zero-order chi connectivity index (χ0) is 21.1. The highest BCUT2D eigenvalue weighted by atomic mass is 16.4. The Kier molecular flexibility index (Phi) is 11.0. The zero-order valence-corrected chi connectivity index (χ0v) is 16.0. The first-order valence-corrected chi connectivity index (χ1v) is 8.83. The highest BCUT2D eigenvalue weighted by Crippen LogP contribution is 2.10. The summed E-state index contributed by atoms with van der Waals surface area (Å²) in [5.41, 5.74) is 16.3. The number of carboxylic acid groups (broad SMARTS) is 1. The van der Waals surface area contributed by atoms with Crippen molar-refractivity contribution < 1.29 is 24.6 Å². The van der Waals surface area contributed by atoms with Crippen LogP contribution in [0.15, 0.2) is 4.99 Å². The normalized spacial score (nSPS) is 16.3. The number of guanidine groups is 1. The van der Waals surface area contributed by atoms with E-state index in [-0.39, 0.29) is 11.9 Å². The van der Waals surface area contributed by atoms with Crippen molar-refractivity contribution in [3.8, 4) is 0 Å². The van der Waals surface area contributed by atoms with Crippen LogP contribution in [0.25, 0.3) is 0 Å². The summed E-state index contributed by atoms with van der Waals surface area (Å²) < 4.78 is 0. The Morgan fingerprint density at radius 2 is 1.63 bits per heavy atom. The smallest absolute Gasteiger partial charge is 0.328 e. The molecule has 156 valence electrons. The lowest BCUT2D eigenvalue weighted by molar-refractivity contribution is -0.145. The van der Waals surface area contributed by atoms with Crippen LogP contribution in [0.5, 0.6) is 0 Å². The maximum absolute atomic E-state index is 12.5. The standard InChI is InChI=1S/C16H32N6O5/c1-4-8(2)11(14(25)22-12(9(3)23)15(26)27)21-13(24)10(17)6-5-7-20-16(18)19/h8-12,23H,4-7,17H2,1-3H3,(H,21,24)(H,22,25)(H,26,27)(H4,18,19,20)/t8-,9+,10-,11-,12-/m0/s1. The minimum absolute atomic E-state index is 0.0485. The van der Waals surface area contributed by atoms with Gasteiger partial charge in [-0.25, -0.2) is 4.79 Å². The number of hydrogen-bond donors (Lipinski definition) is 7. The van der Waals surface area contributed by atoms with Gasteiger partial charge >= 0.3 is 5.97 Å². The Bertz CT molecular complexity index is 535. The quantitative estimate of drug-likeness (QED) is 0.111. The van der Waals surface area contributed by atoms with E-state index in [0.29, 0.717) is 25.8 Å². The summed E-state index contributed by atoms with van der Waals surface area (Å²) in [6.07, 6.45) is 0.0564. The van der Waals surface area contributed by atoms with Crippen LogP contribution in [0.4, 0.5) is 0 Å². The van der Waals surface area contributed by atoms with Crippen LogP contribution in [0.3, 0.4) is 0 Å². The second-order valence-electron chi connectivity index (χ2n) is 6.49. The van der Waals surface area contributed by atoms with Crippen molar-refractivity contribution in [3.05, 3.63) is 0 Å². The van der Waals surface area contributed by atoms with Gasteiger partial charge in [0.1, 0.15) is 6.04 Å². The van der Waals surface area contributed by atoms with E-state index < -0.39 is 42.0 Å². The molecule has 0 aliphatic heterocycles. The van der Waals surface area contributed by atoms with Gasteiger partial charge in [0, 0.05) is 6.54 Å². The molecule has 5 atom stereocenters. The first-order valence-electron chi connectivity index (χ1n) is 8.83. The lowest BCUT2D eigenvalue weighted by Gasteiger charge is -2.27. The summed E-state index contributed by atoms with van der Waals surface area (Å²) in [5.74, 6) is -2.93. The molecule has 27 heavy (non-hydrogen) atoms. The largest absolute Gasteiger partial charge is 0.480 e. The van der Waals surface area contributed by atoms with E-state index in [2.05, 4.69) is 15.6 Å². The number of aliphatic hydroxyl groups excluding tert-OH is 1. The van der Waals surface area contributed by atoms with Crippen LogP contribution < -0.4 is 27.8 Å². The van der Waals surface area contributed by atoms with Crippen molar-refractivity contribution in [3.63, 3.8) is 0 Å². The van der Waals surface area contributed by atoms with Gasteiger partial charge in [-0.3, -0.25) is 14.6 Å². The number of aliphatic hydroxyl groups is 1. The monoisotopic (exact) mass is 388 g/mol. The summed E-state index contributed by atoms with van der Waals surface area (Å²) in [5, 5.41) is 23.4. The Morgan fingerprint density at radius 3 is 2.07 bits per heavy atom. The molecule has 2 amide bonds. The Balaban J connectivity index is 4.94. The van der Waals surface area contributed by atoms with Gasteiger partial charge in [-0.2, -0.15) is 0 Å². The Morgan fingerprint density at radius 1 is 1.07 bits per heavy atom. The van der Waals surface area contributed by atoms with Crippen molar-refractivity contribution in [1.29, 1.82) is 0 Å². The van der Waals surface area contributed by atoms with E-state index in [1.165, 1.54) is 6.92 Å². The third kappa shape index (κ3) is 9.20. The van der Waals surface area contributed by atoms with Gasteiger partial charge in [0.2, 0.25) is 11.8 Å². The lowest BCUT2D eigenvalue weighted by atomic mass is 9.97. The Hall–Kier alpha value is -2.40. The molecular weight excluding hydrogens is 356 g/mol. The zero-order valence-electron chi connectivity index (χ0n) is 16.0. The number of carboxylic acids is 1. The molecule has 0 aromatic heterocycles. The molecule has 0 saturated heterocycles. The molecule has 0 rings (SSSR count). The number of amides is 2. The van der Waals surface area contributed by atoms with E-state index in [0.717, 1.165) is 0 Å². The van der Waals surface area contributed by atoms with Crippen molar-refractivity contribution in [2.24, 2.45) is 28.1 Å².